The van der Waals surface area contributed by atoms with Crippen molar-refractivity contribution in [3.63, 3.8) is 0 Å². The van der Waals surface area contributed by atoms with Crippen LogP contribution in [0.25, 0.3) is 133 Å². The number of aryl methyl sites for hydroxylation is 2. The van der Waals surface area contributed by atoms with E-state index in [9.17, 15) is 0 Å². The third kappa shape index (κ3) is 9.87. The lowest BCUT2D eigenvalue weighted by molar-refractivity contribution is 0.399. The van der Waals surface area contributed by atoms with E-state index in [-0.39, 0.29) is 27.1 Å². The standard InChI is InChI=1S/C104H98O2/c1-13-15-17-19-29-49-104(50-30-20-18-16-14-2)82-36-26-21-31-71(82)74-47-42-67(59-87(74)104)66-41-46-72-73-48-43-68(60-86(73)100(5,6)85(72)58-66)80-61-88-91(93-78-33-23-27-37-89(78)105-98(80)93)76-44-39-64(56-83(76)101(88,7)8)54-70(69-52-62(3)51-63(4)53-69)55-65-40-45-77-84(57-65)103(11,12)97-95(77)99-94(79-34-24-28-38-90(79)106-99)92-75-32-22-25-35-81(75)102(9,10)96(92)97/h21-28,31-48,51-54,56-61H,13-20,29-30,49-50,55H2,1-12H3/b70-54-. The lowest BCUT2D eigenvalue weighted by Crippen LogP contribution is -2.25. The molecule has 0 radical (unpaired) electrons. The van der Waals surface area contributed by atoms with Crippen molar-refractivity contribution in [1.82, 2.24) is 0 Å². The molecule has 0 N–H and O–H groups in total. The maximum Gasteiger partial charge on any atom is 0.144 e. The zero-order valence-corrected chi connectivity index (χ0v) is 64.3. The number of para-hydroxylation sites is 2. The molecule has 0 aliphatic heterocycles. The number of hydrogen-bond acceptors (Lipinski definition) is 2. The molecule has 106 heavy (non-hydrogen) atoms. The van der Waals surface area contributed by atoms with E-state index < -0.39 is 0 Å². The molecule has 0 spiro atoms. The molecular formula is C104H98O2. The monoisotopic (exact) mass is 1380 g/mol. The van der Waals surface area contributed by atoms with E-state index in [4.69, 9.17) is 8.83 Å². The van der Waals surface area contributed by atoms with Crippen LogP contribution in [-0.4, -0.2) is 0 Å². The van der Waals surface area contributed by atoms with E-state index in [2.05, 4.69) is 301 Å². The molecule has 14 aromatic rings. The van der Waals surface area contributed by atoms with E-state index in [1.54, 1.807) is 11.1 Å². The quantitative estimate of drug-likeness (QED) is 0.0632. The molecule has 5 aliphatic rings. The first-order chi connectivity index (χ1) is 51.3. The Morgan fingerprint density at radius 2 is 0.811 bits per heavy atom. The number of fused-ring (bicyclic) bond motifs is 25. The summed E-state index contributed by atoms with van der Waals surface area (Å²) in [5, 5.41) is 4.80. The van der Waals surface area contributed by atoms with Gasteiger partial charge in [0.15, 0.2) is 0 Å². The van der Waals surface area contributed by atoms with Gasteiger partial charge in [-0.15, -0.1) is 0 Å². The predicted octanol–water partition coefficient (Wildman–Crippen LogP) is 29.4. The van der Waals surface area contributed by atoms with Crippen molar-refractivity contribution in [2.24, 2.45) is 0 Å². The van der Waals surface area contributed by atoms with Gasteiger partial charge in [-0.1, -0.05) is 327 Å². The van der Waals surface area contributed by atoms with Gasteiger partial charge in [0.05, 0.1) is 0 Å². The van der Waals surface area contributed by atoms with Gasteiger partial charge in [0.25, 0.3) is 0 Å². The molecule has 0 saturated heterocycles. The molecule has 2 heteroatoms. The molecule has 0 unspecified atom stereocenters. The summed E-state index contributed by atoms with van der Waals surface area (Å²) in [7, 11) is 0. The van der Waals surface area contributed by atoms with E-state index in [0.717, 1.165) is 39.7 Å². The zero-order chi connectivity index (χ0) is 72.5. The number of allylic oxidation sites excluding steroid dienone is 1. The molecule has 2 heterocycles. The van der Waals surface area contributed by atoms with Crippen LogP contribution in [0.4, 0.5) is 0 Å². The Hall–Kier alpha value is -10.0. The fraction of sp³-hybridized carbons (Fsp3) is 0.288. The van der Waals surface area contributed by atoms with Crippen LogP contribution in [0.5, 0.6) is 0 Å². The minimum absolute atomic E-state index is 0.0359. The van der Waals surface area contributed by atoms with E-state index in [1.807, 2.05) is 0 Å². The van der Waals surface area contributed by atoms with Gasteiger partial charge in [0, 0.05) is 59.7 Å². The lowest BCUT2D eigenvalue weighted by Gasteiger charge is -2.33. The molecule has 2 nitrogen and oxygen atoms in total. The molecule has 19 rings (SSSR count). The number of hydrogen-bond donors (Lipinski definition) is 0. The van der Waals surface area contributed by atoms with Crippen molar-refractivity contribution in [1.29, 1.82) is 0 Å². The van der Waals surface area contributed by atoms with E-state index in [0.29, 0.717) is 0 Å². The summed E-state index contributed by atoms with van der Waals surface area (Å²) in [6.07, 6.45) is 18.7. The number of furan rings is 2. The Morgan fingerprint density at radius 3 is 1.48 bits per heavy atom. The first kappa shape index (κ1) is 66.6. The number of unbranched alkanes of at least 4 members (excludes halogenated alkanes) is 8. The Morgan fingerprint density at radius 1 is 0.340 bits per heavy atom. The second-order valence-corrected chi connectivity index (χ2v) is 34.6. The first-order valence-corrected chi connectivity index (χ1v) is 40.0. The Bertz CT molecular complexity index is 6020. The van der Waals surface area contributed by atoms with Gasteiger partial charge < -0.3 is 8.83 Å². The average molecular weight is 1380 g/mol. The van der Waals surface area contributed by atoms with Crippen LogP contribution >= 0.6 is 0 Å². The van der Waals surface area contributed by atoms with E-state index in [1.165, 1.54) is 243 Å². The number of rotatable bonds is 18. The largest absolute Gasteiger partial charge is 0.455 e. The van der Waals surface area contributed by atoms with Gasteiger partial charge in [-0.3, -0.25) is 0 Å². The summed E-state index contributed by atoms with van der Waals surface area (Å²) in [6, 6.07) is 82.5. The molecule has 0 fully saturated rings. The topological polar surface area (TPSA) is 26.3 Å². The van der Waals surface area contributed by atoms with Crippen molar-refractivity contribution in [2.45, 2.75) is 194 Å². The molecule has 12 aromatic carbocycles. The highest BCUT2D eigenvalue weighted by atomic mass is 16.3. The minimum Gasteiger partial charge on any atom is -0.455 e. The van der Waals surface area contributed by atoms with Crippen molar-refractivity contribution in [3.05, 3.63) is 296 Å². The molecule has 526 valence electrons. The molecule has 5 aliphatic carbocycles. The Labute approximate surface area is 627 Å². The van der Waals surface area contributed by atoms with Gasteiger partial charge >= 0.3 is 0 Å². The molecular weight excluding hydrogens is 1280 g/mol. The maximum absolute atomic E-state index is 7.20. The van der Waals surface area contributed by atoms with Gasteiger partial charge in [-0.05, 0) is 214 Å². The summed E-state index contributed by atoms with van der Waals surface area (Å²) in [4.78, 5) is 0. The zero-order valence-electron chi connectivity index (χ0n) is 64.3. The normalized spacial score (nSPS) is 15.9. The number of benzene rings is 12. The van der Waals surface area contributed by atoms with Crippen molar-refractivity contribution in [3.8, 4) is 77.9 Å². The fourth-order valence-corrected chi connectivity index (χ4v) is 21.4. The predicted molar refractivity (Wildman–Crippen MR) is 449 cm³/mol. The van der Waals surface area contributed by atoms with Gasteiger partial charge in [-0.2, -0.15) is 0 Å². The lowest BCUT2D eigenvalue weighted by atomic mass is 9.70. The van der Waals surface area contributed by atoms with Gasteiger partial charge in [0.1, 0.15) is 22.3 Å². The maximum atomic E-state index is 7.20. The third-order valence-corrected chi connectivity index (χ3v) is 26.6. The van der Waals surface area contributed by atoms with Crippen LogP contribution in [0.1, 0.15) is 230 Å². The second kappa shape index (κ2) is 24.5. The minimum atomic E-state index is -0.330. The van der Waals surface area contributed by atoms with E-state index >= 15 is 0 Å². The van der Waals surface area contributed by atoms with Gasteiger partial charge in [0.2, 0.25) is 0 Å². The van der Waals surface area contributed by atoms with Crippen molar-refractivity contribution >= 4 is 55.5 Å². The summed E-state index contributed by atoms with van der Waals surface area (Å²) >= 11 is 0. The highest BCUT2D eigenvalue weighted by Gasteiger charge is 2.50. The molecule has 0 bridgehead atoms. The average Bonchev–Trinajstić information content (AvgIpc) is 1.50. The Kier molecular flexibility index (Phi) is 15.4. The van der Waals surface area contributed by atoms with Crippen molar-refractivity contribution < 1.29 is 8.83 Å². The summed E-state index contributed by atoms with van der Waals surface area (Å²) in [5.74, 6) is 0. The second-order valence-electron chi connectivity index (χ2n) is 34.6. The van der Waals surface area contributed by atoms with Crippen LogP contribution in [0, 0.1) is 13.8 Å². The van der Waals surface area contributed by atoms with Crippen LogP contribution < -0.4 is 0 Å². The summed E-state index contributed by atoms with van der Waals surface area (Å²) in [5.41, 5.74) is 42.9. The molecule has 0 amide bonds. The fourth-order valence-electron chi connectivity index (χ4n) is 21.4. The SMILES string of the molecule is CCCCCCCC1(CCCCCCC)c2ccccc2-c2ccc(-c3ccc4c(c3)C(C)(C)c3cc(-c5cc6c(c7c5oc5ccccc57)-c5ccc(/C=C(/Cc7ccc8c(c7)C(C)(C)c7c9c(c%10c(oc%11ccccc%11%10)c7-8)-c7ccccc7C9(C)C)c7cc(C)cc(C)c7)cc5C6(C)C)ccc3-4)cc21. The Balaban J connectivity index is 0.675. The third-order valence-electron chi connectivity index (χ3n) is 26.6. The summed E-state index contributed by atoms with van der Waals surface area (Å²) in [6.45, 7) is 28.8. The highest BCUT2D eigenvalue weighted by molar-refractivity contribution is 6.22. The molecule has 0 saturated carbocycles. The summed E-state index contributed by atoms with van der Waals surface area (Å²) < 4.78 is 14.3. The highest BCUT2D eigenvalue weighted by Crippen LogP contribution is 2.65. The van der Waals surface area contributed by atoms with Crippen molar-refractivity contribution in [2.75, 3.05) is 0 Å². The molecule has 0 atom stereocenters. The first-order valence-electron chi connectivity index (χ1n) is 40.0. The van der Waals surface area contributed by atoms with Crippen LogP contribution in [0.15, 0.2) is 221 Å². The van der Waals surface area contributed by atoms with Crippen LogP contribution in [0.2, 0.25) is 0 Å². The van der Waals surface area contributed by atoms with Gasteiger partial charge in [-0.25, -0.2) is 0 Å². The van der Waals surface area contributed by atoms with Crippen LogP contribution in [0.3, 0.4) is 0 Å². The molecule has 2 aromatic heterocycles. The smallest absolute Gasteiger partial charge is 0.144 e. The van der Waals surface area contributed by atoms with Crippen LogP contribution in [-0.2, 0) is 33.5 Å².